The van der Waals surface area contributed by atoms with E-state index < -0.39 is 10.0 Å². The number of H-pyrrole nitrogens is 1. The van der Waals surface area contributed by atoms with Gasteiger partial charge in [0.2, 0.25) is 5.91 Å². The molecule has 1 aliphatic rings. The molecule has 0 saturated carbocycles. The first-order chi connectivity index (χ1) is 7.91. The van der Waals surface area contributed by atoms with Gasteiger partial charge < -0.3 is 9.88 Å². The third kappa shape index (κ3) is 2.18. The Bertz CT molecular complexity index is 536. The number of piperazine rings is 1. The number of sulfonamides is 1. The van der Waals surface area contributed by atoms with Gasteiger partial charge in [0.25, 0.3) is 10.0 Å². The van der Waals surface area contributed by atoms with E-state index in [0.717, 1.165) is 0 Å². The van der Waals surface area contributed by atoms with E-state index >= 15 is 0 Å². The highest BCUT2D eigenvalue weighted by Gasteiger charge is 2.32. The Labute approximate surface area is 99.5 Å². The molecular formula is C9H14N4O3S. The fourth-order valence-electron chi connectivity index (χ4n) is 1.61. The smallest absolute Gasteiger partial charge is 0.260 e. The molecule has 0 aliphatic carbocycles. The van der Waals surface area contributed by atoms with Crippen molar-refractivity contribution in [3.63, 3.8) is 0 Å². The second-order valence-electron chi connectivity index (χ2n) is 3.99. The average molecular weight is 258 g/mol. The van der Waals surface area contributed by atoms with E-state index in [4.69, 9.17) is 0 Å². The van der Waals surface area contributed by atoms with Crippen LogP contribution in [0.5, 0.6) is 0 Å². The zero-order valence-corrected chi connectivity index (χ0v) is 10.5. The van der Waals surface area contributed by atoms with Crippen molar-refractivity contribution in [2.24, 2.45) is 0 Å². The second kappa shape index (κ2) is 4.11. The number of hydrogen-bond donors (Lipinski definition) is 1. The Kier molecular flexibility index (Phi) is 2.92. The summed E-state index contributed by atoms with van der Waals surface area (Å²) in [6.07, 6.45) is 1.27. The Hall–Kier alpha value is -1.41. The molecule has 0 atom stereocenters. The predicted molar refractivity (Wildman–Crippen MR) is 59.7 cm³/mol. The summed E-state index contributed by atoms with van der Waals surface area (Å²) in [5.74, 6) is 0.333. The number of carbonyl (C=O) groups is 1. The first kappa shape index (κ1) is 12.1. The predicted octanol–water partition coefficient (Wildman–Crippen LogP) is -0.819. The van der Waals surface area contributed by atoms with Gasteiger partial charge in [0.1, 0.15) is 5.82 Å². The highest BCUT2D eigenvalue weighted by molar-refractivity contribution is 7.89. The van der Waals surface area contributed by atoms with Gasteiger partial charge >= 0.3 is 0 Å². The van der Waals surface area contributed by atoms with E-state index in [1.165, 1.54) is 15.4 Å². The molecule has 1 aromatic rings. The Morgan fingerprint density at radius 3 is 2.65 bits per heavy atom. The SMILES string of the molecule is Cc1ncc(S(=O)(=O)N2CCN(C)C(=O)C2)[nH]1. The van der Waals surface area contributed by atoms with Gasteiger partial charge in [-0.05, 0) is 6.92 Å². The maximum absolute atomic E-state index is 12.1. The molecule has 0 aromatic carbocycles. The second-order valence-corrected chi connectivity index (χ2v) is 5.89. The number of likely N-dealkylation sites (N-methyl/N-ethyl adjacent to an activating group) is 1. The van der Waals surface area contributed by atoms with E-state index in [2.05, 4.69) is 9.97 Å². The van der Waals surface area contributed by atoms with Gasteiger partial charge in [-0.1, -0.05) is 0 Å². The monoisotopic (exact) mass is 258 g/mol. The van der Waals surface area contributed by atoms with Crippen LogP contribution in [0, 0.1) is 6.92 Å². The quantitative estimate of drug-likeness (QED) is 0.751. The third-order valence-electron chi connectivity index (χ3n) is 2.72. The molecule has 7 nitrogen and oxygen atoms in total. The van der Waals surface area contributed by atoms with Gasteiger partial charge in [0.15, 0.2) is 5.03 Å². The lowest BCUT2D eigenvalue weighted by molar-refractivity contribution is -0.132. The zero-order valence-electron chi connectivity index (χ0n) is 9.67. The molecule has 0 unspecified atom stereocenters. The number of hydrogen-bond acceptors (Lipinski definition) is 4. The van der Waals surface area contributed by atoms with E-state index in [9.17, 15) is 13.2 Å². The molecule has 1 fully saturated rings. The zero-order chi connectivity index (χ0) is 12.6. The summed E-state index contributed by atoms with van der Waals surface area (Å²) in [6, 6.07) is 0. The van der Waals surface area contributed by atoms with E-state index in [0.29, 0.717) is 18.9 Å². The number of imidazole rings is 1. The maximum atomic E-state index is 12.1. The van der Waals surface area contributed by atoms with Crippen molar-refractivity contribution >= 4 is 15.9 Å². The number of carbonyl (C=O) groups excluding carboxylic acids is 1. The fraction of sp³-hybridized carbons (Fsp3) is 0.556. The van der Waals surface area contributed by atoms with Crippen molar-refractivity contribution in [3.05, 3.63) is 12.0 Å². The standard InChI is InChI=1S/C9H14N4O3S/c1-7-10-5-8(11-7)17(15,16)13-4-3-12(2)9(14)6-13/h5H,3-4,6H2,1-2H3,(H,10,11). The molecule has 0 radical (unpaired) electrons. The minimum atomic E-state index is -3.63. The van der Waals surface area contributed by atoms with Crippen LogP contribution in [-0.4, -0.2) is 60.2 Å². The number of aryl methyl sites for hydroxylation is 1. The lowest BCUT2D eigenvalue weighted by atomic mass is 10.4. The summed E-state index contributed by atoms with van der Waals surface area (Å²) in [4.78, 5) is 19.5. The Balaban J connectivity index is 2.25. The number of rotatable bonds is 2. The number of aromatic amines is 1. The molecule has 0 bridgehead atoms. The number of nitrogens with zero attached hydrogens (tertiary/aromatic N) is 3. The van der Waals surface area contributed by atoms with Gasteiger partial charge in [-0.15, -0.1) is 0 Å². The van der Waals surface area contributed by atoms with Crippen LogP contribution in [0.3, 0.4) is 0 Å². The van der Waals surface area contributed by atoms with Crippen molar-refractivity contribution in [3.8, 4) is 0 Å². The van der Waals surface area contributed by atoms with Gasteiger partial charge in [-0.3, -0.25) is 4.79 Å². The molecule has 0 spiro atoms. The van der Waals surface area contributed by atoms with Crippen LogP contribution in [0.15, 0.2) is 11.2 Å². The summed E-state index contributed by atoms with van der Waals surface area (Å²) in [5.41, 5.74) is 0. The molecule has 94 valence electrons. The van der Waals surface area contributed by atoms with Gasteiger partial charge in [-0.25, -0.2) is 13.4 Å². The minimum Gasteiger partial charge on any atom is -0.343 e. The molecule has 1 aromatic heterocycles. The molecule has 1 amide bonds. The highest BCUT2D eigenvalue weighted by atomic mass is 32.2. The summed E-state index contributed by atoms with van der Waals surface area (Å²) in [6.45, 7) is 2.28. The van der Waals surface area contributed by atoms with Crippen LogP contribution < -0.4 is 0 Å². The largest absolute Gasteiger partial charge is 0.343 e. The maximum Gasteiger partial charge on any atom is 0.260 e. The highest BCUT2D eigenvalue weighted by Crippen LogP contribution is 2.15. The van der Waals surface area contributed by atoms with Gasteiger partial charge in [0, 0.05) is 20.1 Å². The molecule has 1 saturated heterocycles. The number of nitrogens with one attached hydrogen (secondary N) is 1. The minimum absolute atomic E-state index is 0.0346. The van der Waals surface area contributed by atoms with Crippen molar-refractivity contribution < 1.29 is 13.2 Å². The lowest BCUT2D eigenvalue weighted by Gasteiger charge is -2.30. The lowest BCUT2D eigenvalue weighted by Crippen LogP contribution is -2.50. The van der Waals surface area contributed by atoms with Crippen LogP contribution in [0.1, 0.15) is 5.82 Å². The number of aromatic nitrogens is 2. The Morgan fingerprint density at radius 1 is 1.41 bits per heavy atom. The van der Waals surface area contributed by atoms with E-state index in [1.54, 1.807) is 14.0 Å². The Morgan fingerprint density at radius 2 is 2.12 bits per heavy atom. The van der Waals surface area contributed by atoms with E-state index in [-0.39, 0.29) is 17.5 Å². The molecule has 2 rings (SSSR count). The molecule has 17 heavy (non-hydrogen) atoms. The van der Waals surface area contributed by atoms with Crippen LogP contribution in [0.4, 0.5) is 0 Å². The van der Waals surface area contributed by atoms with E-state index in [1.807, 2.05) is 0 Å². The van der Waals surface area contributed by atoms with Crippen LogP contribution in [0.2, 0.25) is 0 Å². The molecule has 8 heteroatoms. The number of amides is 1. The average Bonchev–Trinajstić information content (AvgIpc) is 2.69. The third-order valence-corrected chi connectivity index (χ3v) is 4.47. The normalized spacial score (nSPS) is 18.7. The summed E-state index contributed by atoms with van der Waals surface area (Å²) in [5, 5.41) is 0.0346. The molecular weight excluding hydrogens is 244 g/mol. The van der Waals surface area contributed by atoms with Crippen molar-refractivity contribution in [2.45, 2.75) is 11.9 Å². The van der Waals surface area contributed by atoms with Gasteiger partial charge in [0.05, 0.1) is 12.7 Å². The van der Waals surface area contributed by atoms with Crippen molar-refractivity contribution in [1.29, 1.82) is 0 Å². The molecule has 1 N–H and O–H groups in total. The summed E-state index contributed by atoms with van der Waals surface area (Å²) < 4.78 is 25.4. The first-order valence-corrected chi connectivity index (χ1v) is 6.61. The van der Waals surface area contributed by atoms with Crippen LogP contribution >= 0.6 is 0 Å². The molecule has 2 heterocycles. The van der Waals surface area contributed by atoms with Crippen molar-refractivity contribution in [2.75, 3.05) is 26.7 Å². The van der Waals surface area contributed by atoms with Crippen LogP contribution in [0.25, 0.3) is 0 Å². The first-order valence-electron chi connectivity index (χ1n) is 5.17. The van der Waals surface area contributed by atoms with Crippen LogP contribution in [-0.2, 0) is 14.8 Å². The van der Waals surface area contributed by atoms with Crippen molar-refractivity contribution in [1.82, 2.24) is 19.2 Å². The summed E-state index contributed by atoms with van der Waals surface area (Å²) in [7, 11) is -1.97. The van der Waals surface area contributed by atoms with Gasteiger partial charge in [-0.2, -0.15) is 4.31 Å². The summed E-state index contributed by atoms with van der Waals surface area (Å²) >= 11 is 0. The fourth-order valence-corrected chi connectivity index (χ4v) is 2.95. The molecule has 1 aliphatic heterocycles. The topological polar surface area (TPSA) is 86.4 Å².